The second-order valence-corrected chi connectivity index (χ2v) is 8.53. The van der Waals surface area contributed by atoms with Crippen molar-refractivity contribution >= 4 is 32.9 Å². The number of aromatic nitrogens is 2. The van der Waals surface area contributed by atoms with Crippen molar-refractivity contribution in [3.05, 3.63) is 62.4 Å². The summed E-state index contributed by atoms with van der Waals surface area (Å²) in [6, 6.07) is 9.00. The van der Waals surface area contributed by atoms with Gasteiger partial charge in [-0.3, -0.25) is 14.3 Å². The van der Waals surface area contributed by atoms with Crippen molar-refractivity contribution in [3.63, 3.8) is 0 Å². The molecule has 0 saturated carbocycles. The van der Waals surface area contributed by atoms with E-state index >= 15 is 0 Å². The van der Waals surface area contributed by atoms with Gasteiger partial charge in [0.15, 0.2) is 11.6 Å². The average Bonchev–Trinajstić information content (AvgIpc) is 3.16. The van der Waals surface area contributed by atoms with Crippen LogP contribution in [-0.4, -0.2) is 39.3 Å². The Labute approximate surface area is 190 Å². The minimum atomic E-state index is -1.13. The second kappa shape index (κ2) is 7.91. The summed E-state index contributed by atoms with van der Waals surface area (Å²) in [6.45, 7) is 1.99. The van der Waals surface area contributed by atoms with Crippen LogP contribution in [-0.2, 0) is 5.54 Å². The zero-order valence-electron chi connectivity index (χ0n) is 17.2. The van der Waals surface area contributed by atoms with Crippen LogP contribution in [0.25, 0.3) is 16.6 Å². The molecule has 4 rings (SSSR count). The first-order valence-electron chi connectivity index (χ1n) is 9.72. The number of likely N-dealkylation sites (tertiary alicyclic amines) is 1. The molecular formula is C22H18BrFN4O4. The van der Waals surface area contributed by atoms with E-state index in [9.17, 15) is 24.3 Å². The average molecular weight is 501 g/mol. The highest BCUT2D eigenvalue weighted by Gasteiger charge is 2.45. The monoisotopic (exact) mass is 500 g/mol. The van der Waals surface area contributed by atoms with Crippen LogP contribution in [0.2, 0.25) is 0 Å². The second-order valence-electron chi connectivity index (χ2n) is 7.67. The van der Waals surface area contributed by atoms with Crippen LogP contribution < -0.4 is 10.3 Å². The molecule has 1 saturated heterocycles. The first kappa shape index (κ1) is 21.8. The van der Waals surface area contributed by atoms with Crippen molar-refractivity contribution < 1.29 is 19.0 Å². The van der Waals surface area contributed by atoms with Crippen molar-refractivity contribution in [2.75, 3.05) is 13.7 Å². The van der Waals surface area contributed by atoms with E-state index in [1.807, 2.05) is 6.07 Å². The Bertz CT molecular complexity index is 1370. The van der Waals surface area contributed by atoms with Crippen LogP contribution in [0, 0.1) is 17.1 Å². The normalized spacial score (nSPS) is 18.0. The Balaban J connectivity index is 2.13. The van der Waals surface area contributed by atoms with Gasteiger partial charge in [0.1, 0.15) is 11.4 Å². The lowest BCUT2D eigenvalue weighted by atomic mass is 9.96. The summed E-state index contributed by atoms with van der Waals surface area (Å²) in [5, 5.41) is 19.3. The fraction of sp³-hybridized carbons (Fsp3) is 0.273. The number of hydrogen-bond acceptors (Lipinski definition) is 5. The fourth-order valence-electron chi connectivity index (χ4n) is 4.21. The van der Waals surface area contributed by atoms with Crippen LogP contribution in [0.1, 0.15) is 31.2 Å². The highest BCUT2D eigenvalue weighted by atomic mass is 79.9. The lowest BCUT2D eigenvalue weighted by molar-refractivity contribution is 0.104. The number of carbonyl (C=O) groups is 1. The maximum absolute atomic E-state index is 14.6. The highest BCUT2D eigenvalue weighted by Crippen LogP contribution is 2.39. The van der Waals surface area contributed by atoms with Crippen LogP contribution in [0.4, 0.5) is 9.18 Å². The number of rotatable bonds is 3. The summed E-state index contributed by atoms with van der Waals surface area (Å²) in [7, 11) is 1.33. The van der Waals surface area contributed by atoms with E-state index in [0.29, 0.717) is 22.8 Å². The summed E-state index contributed by atoms with van der Waals surface area (Å²) in [5.41, 5.74) is -0.931. The molecule has 1 aliphatic heterocycles. The minimum absolute atomic E-state index is 0.00542. The van der Waals surface area contributed by atoms with Crippen molar-refractivity contribution in [1.29, 1.82) is 5.26 Å². The van der Waals surface area contributed by atoms with Crippen LogP contribution in [0.5, 0.6) is 5.75 Å². The van der Waals surface area contributed by atoms with Gasteiger partial charge in [-0.05, 0) is 60.0 Å². The van der Waals surface area contributed by atoms with Crippen molar-refractivity contribution in [2.45, 2.75) is 25.3 Å². The first-order chi connectivity index (χ1) is 15.2. The van der Waals surface area contributed by atoms with Crippen LogP contribution in [0.15, 0.2) is 39.6 Å². The zero-order valence-corrected chi connectivity index (χ0v) is 18.8. The van der Waals surface area contributed by atoms with Gasteiger partial charge >= 0.3 is 6.09 Å². The van der Waals surface area contributed by atoms with Gasteiger partial charge in [-0.25, -0.2) is 14.2 Å². The van der Waals surface area contributed by atoms with Gasteiger partial charge < -0.3 is 9.84 Å². The fourth-order valence-corrected chi connectivity index (χ4v) is 4.76. The van der Waals surface area contributed by atoms with E-state index in [2.05, 4.69) is 15.9 Å². The van der Waals surface area contributed by atoms with Gasteiger partial charge in [-0.15, -0.1) is 0 Å². The summed E-state index contributed by atoms with van der Waals surface area (Å²) in [5.74, 6) is -0.503. The molecule has 1 N–H and O–H groups in total. The number of benzene rings is 2. The molecule has 1 aliphatic rings. The SMILES string of the molecule is COc1ccc(-n2c(C3(C)CCCN3C(=O)O)nc3c(Br)cc(C#N)cc3c2=O)cc1F. The first-order valence-corrected chi connectivity index (χ1v) is 10.5. The van der Waals surface area contributed by atoms with Gasteiger partial charge in [0.25, 0.3) is 5.56 Å². The summed E-state index contributed by atoms with van der Waals surface area (Å²) < 4.78 is 21.2. The third-order valence-electron chi connectivity index (χ3n) is 5.80. The maximum atomic E-state index is 14.6. The maximum Gasteiger partial charge on any atom is 0.408 e. The predicted octanol–water partition coefficient (Wildman–Crippen LogP) is 4.16. The molecule has 0 radical (unpaired) electrons. The summed E-state index contributed by atoms with van der Waals surface area (Å²) >= 11 is 3.37. The van der Waals surface area contributed by atoms with Gasteiger partial charge in [0.2, 0.25) is 0 Å². The molecule has 0 bridgehead atoms. The molecule has 1 aromatic heterocycles. The number of nitrogens with zero attached hydrogens (tertiary/aromatic N) is 4. The van der Waals surface area contributed by atoms with E-state index < -0.39 is 23.0 Å². The molecule has 2 heterocycles. The molecular weight excluding hydrogens is 483 g/mol. The lowest BCUT2D eigenvalue weighted by Crippen LogP contribution is -2.46. The molecule has 8 nitrogen and oxygen atoms in total. The van der Waals surface area contributed by atoms with Gasteiger partial charge in [-0.2, -0.15) is 5.26 Å². The van der Waals surface area contributed by atoms with Gasteiger partial charge in [-0.1, -0.05) is 0 Å². The van der Waals surface area contributed by atoms with E-state index in [0.717, 1.165) is 6.07 Å². The third-order valence-corrected chi connectivity index (χ3v) is 6.41. The molecule has 3 aromatic rings. The van der Waals surface area contributed by atoms with Crippen molar-refractivity contribution in [1.82, 2.24) is 14.5 Å². The molecule has 32 heavy (non-hydrogen) atoms. The lowest BCUT2D eigenvalue weighted by Gasteiger charge is -2.34. The Morgan fingerprint density at radius 3 is 2.75 bits per heavy atom. The van der Waals surface area contributed by atoms with Crippen molar-refractivity contribution in [2.24, 2.45) is 0 Å². The van der Waals surface area contributed by atoms with Gasteiger partial charge in [0, 0.05) is 17.1 Å². The van der Waals surface area contributed by atoms with Gasteiger partial charge in [0.05, 0.1) is 35.3 Å². The van der Waals surface area contributed by atoms with E-state index in [-0.39, 0.29) is 34.8 Å². The number of carboxylic acid groups (broad SMARTS) is 1. The Hall–Kier alpha value is -3.45. The Morgan fingerprint density at radius 1 is 1.38 bits per heavy atom. The number of hydrogen-bond donors (Lipinski definition) is 1. The number of halogens is 2. The quantitative estimate of drug-likeness (QED) is 0.578. The molecule has 164 valence electrons. The molecule has 0 spiro atoms. The van der Waals surface area contributed by atoms with Crippen LogP contribution in [0.3, 0.4) is 0 Å². The predicted molar refractivity (Wildman–Crippen MR) is 118 cm³/mol. The number of amides is 1. The van der Waals surface area contributed by atoms with E-state index in [4.69, 9.17) is 9.72 Å². The number of fused-ring (bicyclic) bond motifs is 1. The number of methoxy groups -OCH3 is 1. The molecule has 1 amide bonds. The summed E-state index contributed by atoms with van der Waals surface area (Å²) in [6.07, 6.45) is -0.114. The smallest absolute Gasteiger partial charge is 0.408 e. The summed E-state index contributed by atoms with van der Waals surface area (Å²) in [4.78, 5) is 31.6. The number of ether oxygens (including phenoxy) is 1. The topological polar surface area (TPSA) is 108 Å². The molecule has 0 aliphatic carbocycles. The number of nitriles is 1. The molecule has 1 fully saturated rings. The van der Waals surface area contributed by atoms with E-state index in [1.165, 1.54) is 34.8 Å². The largest absolute Gasteiger partial charge is 0.494 e. The van der Waals surface area contributed by atoms with E-state index in [1.54, 1.807) is 13.0 Å². The third kappa shape index (κ3) is 3.29. The Morgan fingerprint density at radius 2 is 2.12 bits per heavy atom. The molecule has 1 atom stereocenters. The van der Waals surface area contributed by atoms with Crippen LogP contribution >= 0.6 is 15.9 Å². The zero-order chi connectivity index (χ0) is 23.2. The highest BCUT2D eigenvalue weighted by molar-refractivity contribution is 9.10. The molecule has 10 heteroatoms. The van der Waals surface area contributed by atoms with Crippen molar-refractivity contribution in [3.8, 4) is 17.5 Å². The molecule has 2 aromatic carbocycles. The Kier molecular flexibility index (Phi) is 5.38. The minimum Gasteiger partial charge on any atom is -0.494 e. The standard InChI is InChI=1S/C22H18BrFN4O4/c1-22(6-3-7-27(22)21(30)31)20-26-18-14(8-12(11-25)9-15(18)23)19(29)28(20)13-4-5-17(32-2)16(24)10-13/h4-5,8-10H,3,6-7H2,1-2H3,(H,30,31). The molecule has 1 unspecified atom stereocenters.